The van der Waals surface area contributed by atoms with Gasteiger partial charge in [0.2, 0.25) is 5.88 Å². The summed E-state index contributed by atoms with van der Waals surface area (Å²) < 4.78 is 44.9. The lowest BCUT2D eigenvalue weighted by Crippen LogP contribution is -2.56. The summed E-state index contributed by atoms with van der Waals surface area (Å²) in [6.07, 6.45) is -3.40. The highest BCUT2D eigenvalue weighted by Crippen LogP contribution is 2.29. The first-order valence-electron chi connectivity index (χ1n) is 12.2. The summed E-state index contributed by atoms with van der Waals surface area (Å²) in [5.74, 6) is -0.962. The lowest BCUT2D eigenvalue weighted by atomic mass is 10.0. The van der Waals surface area contributed by atoms with Crippen molar-refractivity contribution >= 4 is 40.7 Å². The Morgan fingerprint density at radius 1 is 1.12 bits per heavy atom. The molecule has 0 radical (unpaired) electrons. The Hall–Kier alpha value is -3.35. The molecule has 9 nitrogen and oxygen atoms in total. The van der Waals surface area contributed by atoms with Gasteiger partial charge in [-0.15, -0.1) is 5.10 Å². The fourth-order valence-corrected chi connectivity index (χ4v) is 4.57. The highest BCUT2D eigenvalue weighted by atomic mass is 35.5. The molecule has 2 N–H and O–H groups in total. The van der Waals surface area contributed by atoms with Crippen LogP contribution >= 0.6 is 23.2 Å². The van der Waals surface area contributed by atoms with Crippen LogP contribution in [0.2, 0.25) is 10.0 Å². The van der Waals surface area contributed by atoms with Crippen molar-refractivity contribution in [1.29, 1.82) is 0 Å². The number of benzene rings is 1. The van der Waals surface area contributed by atoms with Gasteiger partial charge in [-0.1, -0.05) is 23.2 Å². The second-order valence-electron chi connectivity index (χ2n) is 10.4. The minimum absolute atomic E-state index is 0.00190. The molecule has 1 aromatic carbocycles. The molecule has 0 bridgehead atoms. The number of aryl methyl sites for hydroxylation is 1. The first kappa shape index (κ1) is 29.6. The van der Waals surface area contributed by atoms with Crippen molar-refractivity contribution in [2.75, 3.05) is 25.0 Å². The molecule has 0 unspecified atom stereocenters. The number of alkyl halides is 3. The summed E-state index contributed by atoms with van der Waals surface area (Å²) in [4.78, 5) is 32.1. The topological polar surface area (TPSA) is 101 Å². The first-order chi connectivity index (χ1) is 18.6. The standard InChI is InChI=1S/C26H27Cl2F3N6O3/c1-14-8-15(27)9-17(23(38)34-25(2,3)4)21(14)33-24(39)19-10-20(35-37(19)22-18(28)6-5-7-32-22)40-16-11-36(12-16)13-26(29,30)31/h5-10,16H,11-13H2,1-4H3,(H,33,39)(H,34,38). The predicted molar refractivity (Wildman–Crippen MR) is 145 cm³/mol. The molecule has 1 saturated heterocycles. The third kappa shape index (κ3) is 7.23. The van der Waals surface area contributed by atoms with Crippen LogP contribution in [-0.2, 0) is 0 Å². The molecule has 0 spiro atoms. The zero-order chi connectivity index (χ0) is 29.4. The average molecular weight is 599 g/mol. The maximum absolute atomic E-state index is 13.6. The van der Waals surface area contributed by atoms with Crippen LogP contribution in [0.4, 0.5) is 18.9 Å². The molecule has 1 aliphatic rings. The monoisotopic (exact) mass is 598 g/mol. The van der Waals surface area contributed by atoms with Gasteiger partial charge in [-0.05, 0) is 57.5 Å². The lowest BCUT2D eigenvalue weighted by Gasteiger charge is -2.38. The number of carbonyl (C=O) groups is 2. The number of nitrogens with zero attached hydrogens (tertiary/aromatic N) is 4. The second-order valence-corrected chi connectivity index (χ2v) is 11.3. The molecule has 3 aromatic rings. The van der Waals surface area contributed by atoms with E-state index in [2.05, 4.69) is 20.7 Å². The Bertz CT molecular complexity index is 1430. The van der Waals surface area contributed by atoms with Gasteiger partial charge in [-0.3, -0.25) is 14.5 Å². The van der Waals surface area contributed by atoms with Crippen LogP contribution in [0.1, 0.15) is 47.2 Å². The van der Waals surface area contributed by atoms with E-state index in [9.17, 15) is 22.8 Å². The van der Waals surface area contributed by atoms with Gasteiger partial charge in [0.15, 0.2) is 5.82 Å². The molecule has 1 aliphatic heterocycles. The summed E-state index contributed by atoms with van der Waals surface area (Å²) in [6.45, 7) is 6.22. The maximum Gasteiger partial charge on any atom is 0.401 e. The number of rotatable bonds is 7. The van der Waals surface area contributed by atoms with E-state index in [1.54, 1.807) is 25.1 Å². The van der Waals surface area contributed by atoms with E-state index in [1.807, 2.05) is 20.8 Å². The molecular weight excluding hydrogens is 572 g/mol. The van der Waals surface area contributed by atoms with Crippen LogP contribution in [0.5, 0.6) is 5.88 Å². The summed E-state index contributed by atoms with van der Waals surface area (Å²) in [5.41, 5.74) is 0.356. The lowest BCUT2D eigenvalue weighted by molar-refractivity contribution is -0.162. The normalized spacial score (nSPS) is 14.5. The van der Waals surface area contributed by atoms with Crippen molar-refractivity contribution < 1.29 is 27.5 Å². The third-order valence-electron chi connectivity index (χ3n) is 5.75. The number of anilines is 1. The number of hydrogen-bond donors (Lipinski definition) is 2. The molecule has 2 amide bonds. The Morgan fingerprint density at radius 3 is 2.45 bits per heavy atom. The van der Waals surface area contributed by atoms with E-state index >= 15 is 0 Å². The summed E-state index contributed by atoms with van der Waals surface area (Å²) in [5, 5.41) is 10.4. The van der Waals surface area contributed by atoms with E-state index < -0.39 is 36.2 Å². The molecule has 3 heterocycles. The smallest absolute Gasteiger partial charge is 0.401 e. The van der Waals surface area contributed by atoms with Crippen LogP contribution < -0.4 is 15.4 Å². The number of hydrogen-bond acceptors (Lipinski definition) is 6. The molecule has 4 rings (SSSR count). The SMILES string of the molecule is Cc1cc(Cl)cc(C(=O)NC(C)(C)C)c1NC(=O)c1cc(OC2CN(CC(F)(F)F)C2)nn1-c1ncccc1Cl. The van der Waals surface area contributed by atoms with Gasteiger partial charge in [0.1, 0.15) is 11.8 Å². The molecule has 0 atom stereocenters. The largest absolute Gasteiger partial charge is 0.471 e. The van der Waals surface area contributed by atoms with Crippen molar-refractivity contribution in [1.82, 2.24) is 25.0 Å². The quantitative estimate of drug-likeness (QED) is 0.383. The average Bonchev–Trinajstić information content (AvgIpc) is 3.21. The molecule has 0 saturated carbocycles. The maximum atomic E-state index is 13.6. The fourth-order valence-electron chi connectivity index (χ4n) is 4.10. The van der Waals surface area contributed by atoms with E-state index in [0.29, 0.717) is 10.6 Å². The molecule has 2 aromatic heterocycles. The predicted octanol–water partition coefficient (Wildman–Crippen LogP) is 5.29. The van der Waals surface area contributed by atoms with Crippen LogP contribution in [0.25, 0.3) is 5.82 Å². The van der Waals surface area contributed by atoms with Crippen molar-refractivity contribution in [2.45, 2.75) is 45.5 Å². The van der Waals surface area contributed by atoms with Crippen molar-refractivity contribution in [3.63, 3.8) is 0 Å². The van der Waals surface area contributed by atoms with Gasteiger partial charge >= 0.3 is 6.18 Å². The summed E-state index contributed by atoms with van der Waals surface area (Å²) in [6, 6.07) is 7.57. The fraction of sp³-hybridized carbons (Fsp3) is 0.385. The number of ether oxygens (including phenoxy) is 1. The molecule has 40 heavy (non-hydrogen) atoms. The van der Waals surface area contributed by atoms with E-state index in [0.717, 1.165) is 0 Å². The van der Waals surface area contributed by atoms with Gasteiger partial charge in [-0.2, -0.15) is 13.2 Å². The number of aromatic nitrogens is 3. The molecular formula is C26H27Cl2F3N6O3. The highest BCUT2D eigenvalue weighted by molar-refractivity contribution is 6.32. The minimum atomic E-state index is -4.31. The minimum Gasteiger partial charge on any atom is -0.471 e. The Kier molecular flexibility index (Phi) is 8.34. The van der Waals surface area contributed by atoms with Gasteiger partial charge in [0.25, 0.3) is 11.8 Å². The van der Waals surface area contributed by atoms with Gasteiger partial charge in [-0.25, -0.2) is 9.67 Å². The Labute approximate surface area is 238 Å². The molecule has 1 fully saturated rings. The van der Waals surface area contributed by atoms with Crippen molar-refractivity contribution in [3.8, 4) is 11.7 Å². The zero-order valence-corrected chi connectivity index (χ0v) is 23.6. The number of nitrogens with one attached hydrogen (secondary N) is 2. The molecule has 0 aliphatic carbocycles. The number of carbonyl (C=O) groups excluding carboxylic acids is 2. The van der Waals surface area contributed by atoms with E-state index in [4.69, 9.17) is 27.9 Å². The number of amides is 2. The summed E-state index contributed by atoms with van der Waals surface area (Å²) >= 11 is 12.5. The number of halogens is 5. The highest BCUT2D eigenvalue weighted by Gasteiger charge is 2.38. The van der Waals surface area contributed by atoms with Gasteiger partial charge in [0, 0.05) is 35.9 Å². The van der Waals surface area contributed by atoms with Crippen LogP contribution in [0, 0.1) is 6.92 Å². The van der Waals surface area contributed by atoms with Gasteiger partial charge in [0.05, 0.1) is 22.8 Å². The zero-order valence-electron chi connectivity index (χ0n) is 22.1. The van der Waals surface area contributed by atoms with Crippen LogP contribution in [-0.4, -0.2) is 68.9 Å². The number of likely N-dealkylation sites (tertiary alicyclic amines) is 1. The summed E-state index contributed by atoms with van der Waals surface area (Å²) in [7, 11) is 0. The second kappa shape index (κ2) is 11.3. The van der Waals surface area contributed by atoms with Crippen molar-refractivity contribution in [3.05, 3.63) is 63.4 Å². The van der Waals surface area contributed by atoms with Crippen LogP contribution in [0.15, 0.2) is 36.5 Å². The Balaban J connectivity index is 1.64. The first-order valence-corrected chi connectivity index (χ1v) is 13.0. The molecule has 214 valence electrons. The molecule has 14 heteroatoms. The van der Waals surface area contributed by atoms with Gasteiger partial charge < -0.3 is 15.4 Å². The third-order valence-corrected chi connectivity index (χ3v) is 6.26. The van der Waals surface area contributed by atoms with E-state index in [-0.39, 0.29) is 46.8 Å². The Morgan fingerprint density at radius 2 is 1.82 bits per heavy atom. The van der Waals surface area contributed by atoms with Crippen LogP contribution in [0.3, 0.4) is 0 Å². The van der Waals surface area contributed by atoms with Crippen molar-refractivity contribution in [2.24, 2.45) is 0 Å². The number of pyridine rings is 1. The van der Waals surface area contributed by atoms with E-state index in [1.165, 1.54) is 27.9 Å².